The highest BCUT2D eigenvalue weighted by molar-refractivity contribution is 5.93. The lowest BCUT2D eigenvalue weighted by molar-refractivity contribution is -0.140. The van der Waals surface area contributed by atoms with Gasteiger partial charge < -0.3 is 29.5 Å². The van der Waals surface area contributed by atoms with E-state index >= 15 is 0 Å². The van der Waals surface area contributed by atoms with Crippen LogP contribution in [0, 0.1) is 5.92 Å². The van der Waals surface area contributed by atoms with Gasteiger partial charge in [0.05, 0.1) is 12.2 Å². The summed E-state index contributed by atoms with van der Waals surface area (Å²) in [6.07, 6.45) is 2.28. The molecular weight excluding hydrogens is 426 g/mol. The normalized spacial score (nSPS) is 23.9. The highest BCUT2D eigenvalue weighted by Gasteiger charge is 2.30. The van der Waals surface area contributed by atoms with E-state index in [0.717, 1.165) is 6.42 Å². The smallest absolute Gasteiger partial charge is 0.255 e. The highest BCUT2D eigenvalue weighted by atomic mass is 16.5. The number of amides is 2. The van der Waals surface area contributed by atoms with Gasteiger partial charge in [-0.2, -0.15) is 0 Å². The maximum atomic E-state index is 13.0. The van der Waals surface area contributed by atoms with Gasteiger partial charge in [0, 0.05) is 58.7 Å². The Morgan fingerprint density at radius 1 is 1.21 bits per heavy atom. The van der Waals surface area contributed by atoms with E-state index in [1.54, 1.807) is 28.1 Å². The van der Waals surface area contributed by atoms with Crippen LogP contribution in [0.15, 0.2) is 24.5 Å². The molecule has 2 heterocycles. The molecule has 2 rings (SSSR count). The third kappa shape index (κ3) is 9.37. The first kappa shape index (κ1) is 27.2. The molecule has 0 aliphatic carbocycles. The summed E-state index contributed by atoms with van der Waals surface area (Å²) in [6.45, 7) is 7.66. The molecule has 1 aromatic heterocycles. The van der Waals surface area contributed by atoms with Crippen LogP contribution in [-0.2, 0) is 14.3 Å². The molecule has 186 valence electrons. The fraction of sp³-hybridized carbons (Fsp3) is 0.708. The van der Waals surface area contributed by atoms with Crippen molar-refractivity contribution in [1.82, 2.24) is 14.8 Å². The van der Waals surface area contributed by atoms with Crippen LogP contribution in [0.25, 0.3) is 0 Å². The number of aliphatic hydroxyl groups is 2. The summed E-state index contributed by atoms with van der Waals surface area (Å²) in [5.41, 5.74) is 0.498. The van der Waals surface area contributed by atoms with Crippen molar-refractivity contribution in [2.45, 2.75) is 58.3 Å². The molecule has 33 heavy (non-hydrogen) atoms. The fourth-order valence-corrected chi connectivity index (χ4v) is 3.59. The second kappa shape index (κ2) is 14.2. The van der Waals surface area contributed by atoms with Gasteiger partial charge in [-0.05, 0) is 37.3 Å². The van der Waals surface area contributed by atoms with Gasteiger partial charge in [0.2, 0.25) is 5.91 Å². The lowest BCUT2D eigenvalue weighted by Crippen LogP contribution is -2.50. The van der Waals surface area contributed by atoms with Crippen molar-refractivity contribution in [1.29, 1.82) is 0 Å². The van der Waals surface area contributed by atoms with Gasteiger partial charge in [0.1, 0.15) is 18.3 Å². The molecule has 0 aromatic carbocycles. The lowest BCUT2D eigenvalue weighted by Gasteiger charge is -2.33. The number of nitrogens with zero attached hydrogens (tertiary/aromatic N) is 3. The highest BCUT2D eigenvalue weighted by Crippen LogP contribution is 2.13. The predicted molar refractivity (Wildman–Crippen MR) is 124 cm³/mol. The van der Waals surface area contributed by atoms with Crippen molar-refractivity contribution in [3.8, 4) is 0 Å². The van der Waals surface area contributed by atoms with Gasteiger partial charge in [0.15, 0.2) is 0 Å². The summed E-state index contributed by atoms with van der Waals surface area (Å²) in [7, 11) is 0. The summed E-state index contributed by atoms with van der Waals surface area (Å²) in [6, 6.07) is 3.45. The molecule has 0 radical (unpaired) electrons. The minimum absolute atomic E-state index is 0.0242. The van der Waals surface area contributed by atoms with Gasteiger partial charge >= 0.3 is 0 Å². The van der Waals surface area contributed by atoms with Crippen molar-refractivity contribution in [3.05, 3.63) is 30.1 Å². The molecule has 1 aliphatic heterocycles. The number of carbonyl (C=O) groups excluding carboxylic acids is 2. The van der Waals surface area contributed by atoms with E-state index in [9.17, 15) is 19.8 Å². The van der Waals surface area contributed by atoms with Crippen molar-refractivity contribution in [2.75, 3.05) is 46.0 Å². The van der Waals surface area contributed by atoms with E-state index in [4.69, 9.17) is 9.47 Å². The Labute approximate surface area is 196 Å². The van der Waals surface area contributed by atoms with Crippen molar-refractivity contribution >= 4 is 11.8 Å². The average molecular weight is 466 g/mol. The second-order valence-corrected chi connectivity index (χ2v) is 8.93. The minimum Gasteiger partial charge on any atom is -0.388 e. The number of hydrogen-bond donors (Lipinski definition) is 2. The fourth-order valence-electron chi connectivity index (χ4n) is 3.59. The summed E-state index contributed by atoms with van der Waals surface area (Å²) < 4.78 is 11.5. The van der Waals surface area contributed by atoms with Crippen LogP contribution in [0.3, 0.4) is 0 Å². The zero-order valence-corrected chi connectivity index (χ0v) is 20.1. The van der Waals surface area contributed by atoms with E-state index in [-0.39, 0.29) is 25.0 Å². The Balaban J connectivity index is 2.17. The minimum atomic E-state index is -1.20. The van der Waals surface area contributed by atoms with Crippen LogP contribution in [0.5, 0.6) is 0 Å². The lowest BCUT2D eigenvalue weighted by atomic mass is 10.1. The topological polar surface area (TPSA) is 112 Å². The summed E-state index contributed by atoms with van der Waals surface area (Å²) in [5, 5.41) is 21.2. The quantitative estimate of drug-likeness (QED) is 0.675. The van der Waals surface area contributed by atoms with Crippen LogP contribution in [-0.4, -0.2) is 101 Å². The van der Waals surface area contributed by atoms with Crippen molar-refractivity contribution in [2.24, 2.45) is 5.92 Å². The van der Waals surface area contributed by atoms with E-state index in [1.165, 1.54) is 13.1 Å². The molecule has 2 amide bonds. The third-order valence-corrected chi connectivity index (χ3v) is 5.74. The Morgan fingerprint density at radius 2 is 1.97 bits per heavy atom. The van der Waals surface area contributed by atoms with E-state index in [1.807, 2.05) is 0 Å². The number of pyridine rings is 1. The predicted octanol–water partition coefficient (Wildman–Crippen LogP) is 1.34. The summed E-state index contributed by atoms with van der Waals surface area (Å²) in [4.78, 5) is 32.7. The number of carbonyl (C=O) groups is 2. The van der Waals surface area contributed by atoms with Crippen LogP contribution in [0.4, 0.5) is 0 Å². The first-order valence-corrected chi connectivity index (χ1v) is 11.8. The molecule has 0 spiro atoms. The summed E-state index contributed by atoms with van der Waals surface area (Å²) in [5.74, 6) is 0.0935. The molecule has 1 fully saturated rings. The Kier molecular flexibility index (Phi) is 11.7. The molecule has 1 aliphatic rings. The number of ether oxygens (including phenoxy) is 2. The largest absolute Gasteiger partial charge is 0.388 e. The Morgan fingerprint density at radius 3 is 2.64 bits per heavy atom. The average Bonchev–Trinajstić information content (AvgIpc) is 2.79. The molecule has 0 unspecified atom stereocenters. The van der Waals surface area contributed by atoms with E-state index in [2.05, 4.69) is 18.8 Å². The van der Waals surface area contributed by atoms with Gasteiger partial charge in [-0.25, -0.2) is 0 Å². The van der Waals surface area contributed by atoms with E-state index in [0.29, 0.717) is 57.2 Å². The van der Waals surface area contributed by atoms with Gasteiger partial charge in [-0.3, -0.25) is 14.6 Å². The zero-order chi connectivity index (χ0) is 24.2. The molecular formula is C24H39N3O6. The maximum absolute atomic E-state index is 13.0. The maximum Gasteiger partial charge on any atom is 0.255 e. The second-order valence-electron chi connectivity index (χ2n) is 8.93. The molecule has 9 nitrogen and oxygen atoms in total. The number of rotatable bonds is 5. The van der Waals surface area contributed by atoms with Crippen LogP contribution in [0.2, 0.25) is 0 Å². The molecule has 1 aromatic rings. The monoisotopic (exact) mass is 465 g/mol. The van der Waals surface area contributed by atoms with Crippen molar-refractivity contribution < 1.29 is 29.3 Å². The number of hydrogen-bond acceptors (Lipinski definition) is 7. The Bertz CT molecular complexity index is 717. The SMILES string of the molecule is CC(=O)N1CCN(C(=O)c2cccnc2)CCCCOC[C@@H](O)[C@@H](O)[C@H](OCCC(C)C)C1. The summed E-state index contributed by atoms with van der Waals surface area (Å²) >= 11 is 0. The molecule has 2 N–H and O–H groups in total. The molecule has 3 atom stereocenters. The first-order chi connectivity index (χ1) is 15.8. The van der Waals surface area contributed by atoms with Gasteiger partial charge in [-0.1, -0.05) is 13.8 Å². The van der Waals surface area contributed by atoms with E-state index < -0.39 is 18.3 Å². The molecule has 9 heteroatoms. The number of aromatic nitrogens is 1. The van der Waals surface area contributed by atoms with Crippen LogP contribution >= 0.6 is 0 Å². The first-order valence-electron chi connectivity index (χ1n) is 11.8. The zero-order valence-electron chi connectivity index (χ0n) is 20.1. The molecule has 0 bridgehead atoms. The van der Waals surface area contributed by atoms with Gasteiger partial charge in [0.25, 0.3) is 5.91 Å². The third-order valence-electron chi connectivity index (χ3n) is 5.74. The molecule has 1 saturated heterocycles. The van der Waals surface area contributed by atoms with Crippen molar-refractivity contribution in [3.63, 3.8) is 0 Å². The van der Waals surface area contributed by atoms with Crippen LogP contribution in [0.1, 0.15) is 50.4 Å². The molecule has 0 saturated carbocycles. The standard InChI is InChI=1S/C24H39N3O6/c1-18(2)8-14-33-22-16-27(19(3)28)12-11-26(24(31)20-7-6-9-25-15-20)10-4-5-13-32-17-21(29)23(22)30/h6-7,9,15,18,21-23,29-30H,4-5,8,10-14,16-17H2,1-3H3/t21-,22-,23-/m1/s1. The van der Waals surface area contributed by atoms with Gasteiger partial charge in [-0.15, -0.1) is 0 Å². The Hall–Kier alpha value is -2.07. The van der Waals surface area contributed by atoms with Crippen LogP contribution < -0.4 is 0 Å². The number of aliphatic hydroxyl groups excluding tert-OH is 2.